The van der Waals surface area contributed by atoms with Crippen molar-refractivity contribution in [2.75, 3.05) is 52.5 Å². The van der Waals surface area contributed by atoms with Gasteiger partial charge >= 0.3 is 6.09 Å². The molecule has 0 aromatic heterocycles. The number of ether oxygens (including phenoxy) is 4. The number of carbonyl (C=O) groups excluding carboxylic acids is 1. The fourth-order valence-corrected chi connectivity index (χ4v) is 3.39. The van der Waals surface area contributed by atoms with Crippen LogP contribution in [0.3, 0.4) is 0 Å². The molecule has 0 saturated carbocycles. The first-order valence-electron chi connectivity index (χ1n) is 9.69. The van der Waals surface area contributed by atoms with Crippen LogP contribution in [0.5, 0.6) is 0 Å². The van der Waals surface area contributed by atoms with E-state index < -0.39 is 11.4 Å². The predicted molar refractivity (Wildman–Crippen MR) is 99.5 cm³/mol. The Bertz CT molecular complexity index is 548. The van der Waals surface area contributed by atoms with Crippen LogP contribution >= 0.6 is 0 Å². The summed E-state index contributed by atoms with van der Waals surface area (Å²) >= 11 is 0. The summed E-state index contributed by atoms with van der Waals surface area (Å²) in [6.07, 6.45) is 1.16. The van der Waals surface area contributed by atoms with Crippen LogP contribution in [0.25, 0.3) is 0 Å². The molecule has 9 nitrogen and oxygen atoms in total. The van der Waals surface area contributed by atoms with Crippen LogP contribution < -0.4 is 5.73 Å². The third-order valence-electron chi connectivity index (χ3n) is 4.88. The van der Waals surface area contributed by atoms with Gasteiger partial charge in [-0.05, 0) is 20.8 Å². The van der Waals surface area contributed by atoms with Crippen LogP contribution in [-0.2, 0) is 18.9 Å². The molecule has 3 aliphatic rings. The third kappa shape index (κ3) is 5.46. The predicted octanol–water partition coefficient (Wildman–Crippen LogP) is 0.776. The molecule has 9 heteroatoms. The Morgan fingerprint density at radius 1 is 1.19 bits per heavy atom. The smallest absolute Gasteiger partial charge is 0.410 e. The first-order chi connectivity index (χ1) is 12.8. The normalized spacial score (nSPS) is 26.5. The average Bonchev–Trinajstić information content (AvgIpc) is 3.01. The van der Waals surface area contributed by atoms with Gasteiger partial charge in [0.15, 0.2) is 11.7 Å². The summed E-state index contributed by atoms with van der Waals surface area (Å²) in [6.45, 7) is 10.3. The van der Waals surface area contributed by atoms with Gasteiger partial charge in [-0.25, -0.2) is 4.79 Å². The zero-order chi connectivity index (χ0) is 19.5. The number of nitrogens with zero attached hydrogens (tertiary/aromatic N) is 3. The Kier molecular flexibility index (Phi) is 6.12. The summed E-state index contributed by atoms with van der Waals surface area (Å²) in [4.78, 5) is 20.3. The number of nitrogens with two attached hydrogens (primary N) is 1. The van der Waals surface area contributed by atoms with Crippen LogP contribution in [0.1, 0.15) is 33.6 Å². The van der Waals surface area contributed by atoms with Gasteiger partial charge in [0.05, 0.1) is 26.4 Å². The highest BCUT2D eigenvalue weighted by atomic mass is 16.7. The van der Waals surface area contributed by atoms with Gasteiger partial charge in [-0.15, -0.1) is 0 Å². The summed E-state index contributed by atoms with van der Waals surface area (Å²) in [5, 5.41) is 0. The molecule has 0 aromatic rings. The minimum atomic E-state index is -0.494. The van der Waals surface area contributed by atoms with Crippen LogP contribution in [0, 0.1) is 0 Å². The highest BCUT2D eigenvalue weighted by Gasteiger charge is 2.42. The van der Waals surface area contributed by atoms with Gasteiger partial charge in [-0.2, -0.15) is 0 Å². The molecule has 0 radical (unpaired) electrons. The van der Waals surface area contributed by atoms with Gasteiger partial charge in [-0.3, -0.25) is 4.99 Å². The van der Waals surface area contributed by atoms with E-state index in [-0.39, 0.29) is 12.2 Å². The molecule has 1 atom stereocenters. The monoisotopic (exact) mass is 384 g/mol. The highest BCUT2D eigenvalue weighted by molar-refractivity contribution is 5.78. The largest absolute Gasteiger partial charge is 0.444 e. The SMILES string of the molecule is CC(C)(C)OC(=O)N1CCN(C(N)=NCC2COC3(CCOCC3)O2)CC1. The number of carbonyl (C=O) groups is 1. The Morgan fingerprint density at radius 2 is 1.81 bits per heavy atom. The summed E-state index contributed by atoms with van der Waals surface area (Å²) in [6, 6.07) is 0. The number of hydrogen-bond acceptors (Lipinski definition) is 6. The van der Waals surface area contributed by atoms with Crippen molar-refractivity contribution < 1.29 is 23.7 Å². The first kappa shape index (κ1) is 20.2. The molecule has 0 bridgehead atoms. The lowest BCUT2D eigenvalue weighted by Gasteiger charge is -2.36. The number of rotatable bonds is 2. The van der Waals surface area contributed by atoms with Gasteiger partial charge in [0.1, 0.15) is 11.7 Å². The quantitative estimate of drug-likeness (QED) is 0.555. The number of hydrogen-bond donors (Lipinski definition) is 1. The Hall–Kier alpha value is -1.58. The van der Waals surface area contributed by atoms with Crippen molar-refractivity contribution in [3.63, 3.8) is 0 Å². The van der Waals surface area contributed by atoms with Gasteiger partial charge in [-0.1, -0.05) is 0 Å². The van der Waals surface area contributed by atoms with Gasteiger partial charge < -0.3 is 34.5 Å². The van der Waals surface area contributed by atoms with E-state index >= 15 is 0 Å². The summed E-state index contributed by atoms with van der Waals surface area (Å²) in [5.74, 6) is -0.0120. The minimum Gasteiger partial charge on any atom is -0.444 e. The van der Waals surface area contributed by atoms with E-state index in [1.165, 1.54) is 0 Å². The third-order valence-corrected chi connectivity index (χ3v) is 4.88. The maximum Gasteiger partial charge on any atom is 0.410 e. The van der Waals surface area contributed by atoms with Crippen molar-refractivity contribution in [2.45, 2.75) is 51.1 Å². The standard InChI is InChI=1S/C18H32N4O5/c1-17(2,3)27-16(23)22-8-6-21(7-9-22)15(19)20-12-14-13-25-18(26-14)4-10-24-11-5-18/h14H,4-13H2,1-3H3,(H2,19,20). The maximum atomic E-state index is 12.1. The molecule has 154 valence electrons. The zero-order valence-electron chi connectivity index (χ0n) is 16.6. The molecule has 3 rings (SSSR count). The maximum absolute atomic E-state index is 12.1. The van der Waals surface area contributed by atoms with Crippen molar-refractivity contribution in [2.24, 2.45) is 10.7 Å². The van der Waals surface area contributed by atoms with Crippen LogP contribution in [0.4, 0.5) is 4.79 Å². The van der Waals surface area contributed by atoms with E-state index in [0.717, 1.165) is 12.8 Å². The van der Waals surface area contributed by atoms with E-state index in [4.69, 9.17) is 24.7 Å². The van der Waals surface area contributed by atoms with Crippen molar-refractivity contribution in [1.29, 1.82) is 0 Å². The molecule has 3 saturated heterocycles. The lowest BCUT2D eigenvalue weighted by Crippen LogP contribution is -2.53. The zero-order valence-corrected chi connectivity index (χ0v) is 16.6. The second-order valence-corrected chi connectivity index (χ2v) is 8.23. The number of aliphatic imine (C=N–C) groups is 1. The molecule has 1 spiro atoms. The number of piperazine rings is 1. The molecule has 0 aromatic carbocycles. The summed E-state index contributed by atoms with van der Waals surface area (Å²) in [5.41, 5.74) is 5.66. The lowest BCUT2D eigenvalue weighted by atomic mass is 10.1. The molecule has 2 N–H and O–H groups in total. The summed E-state index contributed by atoms with van der Waals surface area (Å²) in [7, 11) is 0. The van der Waals surface area contributed by atoms with E-state index in [2.05, 4.69) is 4.99 Å². The second kappa shape index (κ2) is 8.20. The number of amides is 1. The number of guanidine groups is 1. The molecule has 3 aliphatic heterocycles. The molecule has 1 amide bonds. The van der Waals surface area contributed by atoms with Gasteiger partial charge in [0, 0.05) is 39.0 Å². The Morgan fingerprint density at radius 3 is 2.44 bits per heavy atom. The minimum absolute atomic E-state index is 0.0790. The Balaban J connectivity index is 1.43. The van der Waals surface area contributed by atoms with Crippen molar-refractivity contribution >= 4 is 12.1 Å². The van der Waals surface area contributed by atoms with Gasteiger partial charge in [0.25, 0.3) is 0 Å². The van der Waals surface area contributed by atoms with E-state index in [1.54, 1.807) is 4.90 Å². The molecular weight excluding hydrogens is 352 g/mol. The average molecular weight is 384 g/mol. The topological polar surface area (TPSA) is 98.9 Å². The van der Waals surface area contributed by atoms with E-state index in [0.29, 0.717) is 58.5 Å². The molecule has 1 unspecified atom stereocenters. The van der Waals surface area contributed by atoms with Crippen molar-refractivity contribution in [1.82, 2.24) is 9.80 Å². The lowest BCUT2D eigenvalue weighted by molar-refractivity contribution is -0.210. The van der Waals surface area contributed by atoms with Crippen molar-refractivity contribution in [3.8, 4) is 0 Å². The van der Waals surface area contributed by atoms with Crippen LogP contribution in [0.15, 0.2) is 4.99 Å². The summed E-state index contributed by atoms with van der Waals surface area (Å²) < 4.78 is 22.7. The van der Waals surface area contributed by atoms with E-state index in [9.17, 15) is 4.79 Å². The van der Waals surface area contributed by atoms with E-state index in [1.807, 2.05) is 25.7 Å². The van der Waals surface area contributed by atoms with Crippen molar-refractivity contribution in [3.05, 3.63) is 0 Å². The Labute approximate surface area is 160 Å². The molecule has 27 heavy (non-hydrogen) atoms. The van der Waals surface area contributed by atoms with Crippen LogP contribution in [-0.4, -0.2) is 91.9 Å². The van der Waals surface area contributed by atoms with Crippen LogP contribution in [0.2, 0.25) is 0 Å². The fraction of sp³-hybridized carbons (Fsp3) is 0.889. The molecule has 3 heterocycles. The highest BCUT2D eigenvalue weighted by Crippen LogP contribution is 2.33. The molecule has 0 aliphatic carbocycles. The van der Waals surface area contributed by atoms with Gasteiger partial charge in [0.2, 0.25) is 0 Å². The molecular formula is C18H32N4O5. The first-order valence-corrected chi connectivity index (χ1v) is 9.69. The second-order valence-electron chi connectivity index (χ2n) is 8.23. The fourth-order valence-electron chi connectivity index (χ4n) is 3.39. The molecule has 3 fully saturated rings.